The predicted molar refractivity (Wildman–Crippen MR) is 160 cm³/mol. The molecule has 0 radical (unpaired) electrons. The maximum Gasteiger partial charge on any atom is 0.246 e. The zero-order chi connectivity index (χ0) is 32.4. The summed E-state index contributed by atoms with van der Waals surface area (Å²) in [5, 5.41) is 17.6. The van der Waals surface area contributed by atoms with Crippen molar-refractivity contribution < 1.29 is 52.7 Å². The van der Waals surface area contributed by atoms with E-state index in [0.717, 1.165) is 5.56 Å². The van der Waals surface area contributed by atoms with Crippen molar-refractivity contribution in [2.24, 2.45) is 0 Å². The quantitative estimate of drug-likeness (QED) is 0.0975. The summed E-state index contributed by atoms with van der Waals surface area (Å²) in [6, 6.07) is 5.56. The van der Waals surface area contributed by atoms with Crippen molar-refractivity contribution in [3.63, 3.8) is 0 Å². The Bertz CT molecular complexity index is 945. The number of rotatable bonds is 27. The van der Waals surface area contributed by atoms with Crippen molar-refractivity contribution >= 4 is 23.5 Å². The predicted octanol–water partition coefficient (Wildman–Crippen LogP) is 0.139. The number of amides is 3. The molecular weight excluding hydrogens is 578 g/mol. The molecule has 1 aromatic rings. The lowest BCUT2D eigenvalue weighted by Crippen LogP contribution is -2.50. The van der Waals surface area contributed by atoms with Crippen LogP contribution in [-0.2, 0) is 54.0 Å². The van der Waals surface area contributed by atoms with Gasteiger partial charge in [0.1, 0.15) is 31.6 Å². The van der Waals surface area contributed by atoms with Gasteiger partial charge in [0.2, 0.25) is 17.7 Å². The number of hydrogen-bond donors (Lipinski definition) is 4. The Morgan fingerprint density at radius 3 is 1.98 bits per heavy atom. The number of benzene rings is 1. The van der Waals surface area contributed by atoms with Crippen molar-refractivity contribution in [2.45, 2.75) is 45.2 Å². The molecule has 14 nitrogen and oxygen atoms in total. The summed E-state index contributed by atoms with van der Waals surface area (Å²) >= 11 is 0. The molecule has 0 saturated carbocycles. The highest BCUT2D eigenvalue weighted by Gasteiger charge is 2.22. The van der Waals surface area contributed by atoms with Crippen LogP contribution in [0.15, 0.2) is 24.3 Å². The van der Waals surface area contributed by atoms with E-state index >= 15 is 0 Å². The molecule has 3 amide bonds. The highest BCUT2D eigenvalue weighted by Crippen LogP contribution is 2.11. The average Bonchev–Trinajstić information content (AvgIpc) is 2.98. The maximum atomic E-state index is 12.6. The van der Waals surface area contributed by atoms with Crippen LogP contribution in [0.1, 0.15) is 32.3 Å². The van der Waals surface area contributed by atoms with Crippen molar-refractivity contribution in [3.8, 4) is 5.75 Å². The van der Waals surface area contributed by atoms with E-state index in [1.54, 1.807) is 19.2 Å². The Balaban J connectivity index is 2.04. The number of nitrogens with one attached hydrogen (secondary N) is 3. The highest BCUT2D eigenvalue weighted by molar-refractivity contribution is 5.88. The van der Waals surface area contributed by atoms with Crippen LogP contribution in [0.3, 0.4) is 0 Å². The van der Waals surface area contributed by atoms with Gasteiger partial charge in [-0.2, -0.15) is 0 Å². The summed E-state index contributed by atoms with van der Waals surface area (Å²) in [5.74, 6) is -0.905. The van der Waals surface area contributed by atoms with E-state index in [0.29, 0.717) is 52.4 Å². The van der Waals surface area contributed by atoms with Gasteiger partial charge in [-0.05, 0) is 38.0 Å². The summed E-state index contributed by atoms with van der Waals surface area (Å²) in [7, 11) is 1.56. The molecule has 1 rings (SSSR count). The fraction of sp³-hybridized carbons (Fsp3) is 0.667. The van der Waals surface area contributed by atoms with Crippen LogP contribution in [0.25, 0.3) is 0 Å². The van der Waals surface area contributed by atoms with Crippen LogP contribution in [-0.4, -0.2) is 127 Å². The lowest BCUT2D eigenvalue weighted by Gasteiger charge is -2.20. The van der Waals surface area contributed by atoms with Crippen molar-refractivity contribution in [1.29, 1.82) is 0 Å². The van der Waals surface area contributed by atoms with E-state index in [2.05, 4.69) is 16.0 Å². The number of phenolic OH excluding ortho intramolecular Hbond substituents is 1. The monoisotopic (exact) mass is 627 g/mol. The normalized spacial score (nSPS) is 11.7. The molecule has 0 saturated heterocycles. The lowest BCUT2D eigenvalue weighted by atomic mass is 10.0. The third kappa shape index (κ3) is 21.5. The second kappa shape index (κ2) is 25.2. The third-order valence-corrected chi connectivity index (χ3v) is 5.68. The summed E-state index contributed by atoms with van der Waals surface area (Å²) in [6.45, 7) is 6.21. The molecule has 250 valence electrons. The molecule has 44 heavy (non-hydrogen) atoms. The number of ether oxygens (including phenoxy) is 6. The topological polar surface area (TPSA) is 180 Å². The Morgan fingerprint density at radius 2 is 1.32 bits per heavy atom. The van der Waals surface area contributed by atoms with E-state index in [9.17, 15) is 24.3 Å². The van der Waals surface area contributed by atoms with Gasteiger partial charge in [-0.25, -0.2) is 0 Å². The number of hydrogen-bond acceptors (Lipinski definition) is 11. The van der Waals surface area contributed by atoms with Crippen LogP contribution >= 0.6 is 0 Å². The van der Waals surface area contributed by atoms with Gasteiger partial charge in [0.15, 0.2) is 5.78 Å². The molecule has 4 N–H and O–H groups in total. The highest BCUT2D eigenvalue weighted by atomic mass is 16.5. The molecule has 0 fully saturated rings. The van der Waals surface area contributed by atoms with E-state index in [1.807, 2.05) is 13.8 Å². The number of carbonyl (C=O) groups excluding carboxylic acids is 4. The fourth-order valence-corrected chi connectivity index (χ4v) is 3.55. The van der Waals surface area contributed by atoms with E-state index in [4.69, 9.17) is 28.4 Å². The second-order valence-corrected chi connectivity index (χ2v) is 10.0. The first kappa shape index (κ1) is 38.9. The van der Waals surface area contributed by atoms with Crippen LogP contribution in [0.4, 0.5) is 0 Å². The maximum absolute atomic E-state index is 12.6. The molecule has 0 aliphatic heterocycles. The number of phenols is 1. The van der Waals surface area contributed by atoms with E-state index < -0.39 is 11.9 Å². The minimum absolute atomic E-state index is 0.0138. The van der Waals surface area contributed by atoms with Crippen LogP contribution in [0.2, 0.25) is 0 Å². The Morgan fingerprint density at radius 1 is 0.727 bits per heavy atom. The smallest absolute Gasteiger partial charge is 0.246 e. The summed E-state index contributed by atoms with van der Waals surface area (Å²) in [5.41, 5.74) is 0.788. The first-order valence-corrected chi connectivity index (χ1v) is 14.7. The largest absolute Gasteiger partial charge is 0.508 e. The van der Waals surface area contributed by atoms with Crippen molar-refractivity contribution in [2.75, 3.05) is 86.3 Å². The molecule has 0 unspecified atom stereocenters. The summed E-state index contributed by atoms with van der Waals surface area (Å²) < 4.78 is 31.4. The van der Waals surface area contributed by atoms with Gasteiger partial charge in [0.05, 0.1) is 46.2 Å². The van der Waals surface area contributed by atoms with Gasteiger partial charge in [0.25, 0.3) is 0 Å². The molecule has 14 heteroatoms. The Hall–Kier alpha value is -3.14. The Labute approximate surface area is 259 Å². The molecule has 0 bridgehead atoms. The van der Waals surface area contributed by atoms with Gasteiger partial charge in [0, 0.05) is 39.1 Å². The van der Waals surface area contributed by atoms with E-state index in [1.165, 1.54) is 12.1 Å². The first-order chi connectivity index (χ1) is 21.2. The van der Waals surface area contributed by atoms with Crippen LogP contribution in [0, 0.1) is 0 Å². The van der Waals surface area contributed by atoms with Crippen molar-refractivity contribution in [1.82, 2.24) is 16.0 Å². The number of aromatic hydroxyl groups is 1. The third-order valence-electron chi connectivity index (χ3n) is 5.68. The zero-order valence-corrected chi connectivity index (χ0v) is 26.1. The number of ketones is 1. The van der Waals surface area contributed by atoms with Gasteiger partial charge < -0.3 is 49.5 Å². The summed E-state index contributed by atoms with van der Waals surface area (Å²) in [4.78, 5) is 48.4. The summed E-state index contributed by atoms with van der Waals surface area (Å²) in [6.07, 6.45) is 1.10. The van der Waals surface area contributed by atoms with Crippen LogP contribution < -0.4 is 16.0 Å². The molecular formula is C30H49N3O11. The fourth-order valence-electron chi connectivity index (χ4n) is 3.55. The Kier molecular flexibility index (Phi) is 22.3. The number of carbonyl (C=O) groups is 4. The zero-order valence-electron chi connectivity index (χ0n) is 26.1. The minimum Gasteiger partial charge on any atom is -0.508 e. The van der Waals surface area contributed by atoms with Gasteiger partial charge in [-0.1, -0.05) is 12.1 Å². The van der Waals surface area contributed by atoms with Gasteiger partial charge in [-0.15, -0.1) is 0 Å². The standard InChI is InChI=1S/C30H49N3O11/c1-23(2)32-30(38)27(19-24-6-8-25(34)9-7-24)33-29(37)22-44-18-15-40-11-4-5-26(35)20-42-17-16-41-12-10-31-28(36)21-43-14-13-39-3/h6-9,23,27,34H,4-5,10-22H2,1-3H3,(H,31,36)(H,32,38)(H,33,37)/t27-/m0/s1. The molecule has 0 aliphatic rings. The minimum atomic E-state index is -0.792. The van der Waals surface area contributed by atoms with Crippen LogP contribution in [0.5, 0.6) is 5.75 Å². The molecule has 0 aliphatic carbocycles. The lowest BCUT2D eigenvalue weighted by molar-refractivity contribution is -0.132. The second-order valence-electron chi connectivity index (χ2n) is 10.0. The number of Topliss-reactive ketones (excluding diaryl/α,β-unsaturated/α-hetero) is 1. The van der Waals surface area contributed by atoms with Gasteiger partial charge >= 0.3 is 0 Å². The van der Waals surface area contributed by atoms with E-state index in [-0.39, 0.29) is 75.5 Å². The number of methoxy groups -OCH3 is 1. The SMILES string of the molecule is COCCOCC(=O)NCCOCCOCC(=O)CCCOCCOCC(=O)N[C@@H](Cc1ccc(O)cc1)C(=O)NC(C)C. The molecule has 1 atom stereocenters. The van der Waals surface area contributed by atoms with Crippen molar-refractivity contribution in [3.05, 3.63) is 29.8 Å². The molecule has 0 spiro atoms. The molecule has 0 aromatic heterocycles. The average molecular weight is 628 g/mol. The first-order valence-electron chi connectivity index (χ1n) is 14.7. The molecule has 0 heterocycles. The van der Waals surface area contributed by atoms with Gasteiger partial charge in [-0.3, -0.25) is 19.2 Å². The molecule has 1 aromatic carbocycles.